The van der Waals surface area contributed by atoms with E-state index in [1.807, 2.05) is 12.4 Å². The number of hydrogen-bond donors (Lipinski definition) is 0. The van der Waals surface area contributed by atoms with Crippen LogP contribution in [0.5, 0.6) is 0 Å². The maximum atomic E-state index is 4.21. The van der Waals surface area contributed by atoms with Gasteiger partial charge in [0.2, 0.25) is 0 Å². The summed E-state index contributed by atoms with van der Waals surface area (Å²) in [6, 6.07) is 45.3. The Labute approximate surface area is 307 Å². The fourth-order valence-corrected chi connectivity index (χ4v) is 9.91. The molecule has 2 unspecified atom stereocenters. The van der Waals surface area contributed by atoms with E-state index in [2.05, 4.69) is 163 Å². The van der Waals surface area contributed by atoms with Gasteiger partial charge in [-0.15, -0.1) is 0 Å². The van der Waals surface area contributed by atoms with Crippen molar-refractivity contribution < 1.29 is 0 Å². The molecule has 0 radical (unpaired) electrons. The Balaban J connectivity index is 1.05. The number of nitrogens with zero attached hydrogens (tertiary/aromatic N) is 2. The second-order valence-electron chi connectivity index (χ2n) is 15.8. The van der Waals surface area contributed by atoms with E-state index in [0.717, 1.165) is 0 Å². The van der Waals surface area contributed by atoms with Gasteiger partial charge in [-0.25, -0.2) is 0 Å². The fourth-order valence-electron chi connectivity index (χ4n) is 9.91. The van der Waals surface area contributed by atoms with Crippen molar-refractivity contribution >= 4 is 27.4 Å². The van der Waals surface area contributed by atoms with Gasteiger partial charge in [0.1, 0.15) is 0 Å². The standard InChI is InChI=1S/C50H44N2/c1-50(2)45-31-38(37-13-10-14-40(29-37)52-47-17-8-6-15-41(47)42-16-7-9-18-48(42)52)23-24-43(45)49-44(36-11-4-3-5-12-36)30-39(32-46(49)50)34-21-19-33(20-22-34)35-25-27-51-28-26-35/h6-10,13-32,36,43,45H,3-5,11-12H2,1-2H3. The van der Waals surface area contributed by atoms with E-state index in [1.165, 1.54) is 93.0 Å². The molecule has 0 saturated heterocycles. The number of pyridine rings is 1. The summed E-state index contributed by atoms with van der Waals surface area (Å²) < 4.78 is 2.43. The van der Waals surface area contributed by atoms with Gasteiger partial charge in [-0.3, -0.25) is 4.98 Å². The summed E-state index contributed by atoms with van der Waals surface area (Å²) in [6.45, 7) is 5.00. The SMILES string of the molecule is CC1(C)c2cc(-c3ccc(-c4ccncc4)cc3)cc(C3CCCCC3)c2C2C=CC(c3cccc(-n4c5ccccc5c5ccccc54)c3)=CC21. The minimum Gasteiger partial charge on any atom is -0.309 e. The molecule has 3 aliphatic rings. The highest BCUT2D eigenvalue weighted by atomic mass is 15.0. The number of para-hydroxylation sites is 2. The summed E-state index contributed by atoms with van der Waals surface area (Å²) in [7, 11) is 0. The predicted octanol–water partition coefficient (Wildman–Crippen LogP) is 13.2. The first-order valence-corrected chi connectivity index (χ1v) is 19.2. The predicted molar refractivity (Wildman–Crippen MR) is 218 cm³/mol. The molecule has 0 amide bonds. The topological polar surface area (TPSA) is 17.8 Å². The second-order valence-corrected chi connectivity index (χ2v) is 15.8. The zero-order valence-corrected chi connectivity index (χ0v) is 30.1. The Hall–Kier alpha value is -5.47. The van der Waals surface area contributed by atoms with E-state index in [0.29, 0.717) is 17.8 Å². The highest BCUT2D eigenvalue weighted by Crippen LogP contribution is 2.58. The number of aromatic nitrogens is 2. The van der Waals surface area contributed by atoms with E-state index in [9.17, 15) is 0 Å². The largest absolute Gasteiger partial charge is 0.309 e. The third-order valence-corrected chi connectivity index (χ3v) is 12.6. The van der Waals surface area contributed by atoms with Crippen LogP contribution in [0.25, 0.3) is 55.3 Å². The lowest BCUT2D eigenvalue weighted by Crippen LogP contribution is -2.25. The lowest BCUT2D eigenvalue weighted by atomic mass is 9.72. The van der Waals surface area contributed by atoms with Gasteiger partial charge < -0.3 is 4.57 Å². The molecule has 7 aromatic rings. The van der Waals surface area contributed by atoms with Gasteiger partial charge >= 0.3 is 0 Å². The molecule has 254 valence electrons. The van der Waals surface area contributed by atoms with Crippen LogP contribution in [0.3, 0.4) is 0 Å². The van der Waals surface area contributed by atoms with Gasteiger partial charge in [-0.05, 0) is 117 Å². The van der Waals surface area contributed by atoms with Crippen LogP contribution in [-0.4, -0.2) is 9.55 Å². The first-order valence-electron chi connectivity index (χ1n) is 19.2. The molecule has 0 aliphatic heterocycles. The molecule has 10 rings (SSSR count). The Bertz CT molecular complexity index is 2470. The van der Waals surface area contributed by atoms with Gasteiger partial charge in [0.05, 0.1) is 11.0 Å². The molecule has 5 aromatic carbocycles. The van der Waals surface area contributed by atoms with Crippen LogP contribution < -0.4 is 0 Å². The van der Waals surface area contributed by atoms with Crippen molar-refractivity contribution in [2.45, 2.75) is 63.2 Å². The molecule has 2 nitrogen and oxygen atoms in total. The van der Waals surface area contributed by atoms with E-state index >= 15 is 0 Å². The van der Waals surface area contributed by atoms with E-state index < -0.39 is 0 Å². The van der Waals surface area contributed by atoms with Crippen molar-refractivity contribution in [2.75, 3.05) is 0 Å². The molecule has 1 fully saturated rings. The normalized spacial score (nSPS) is 19.5. The molecular formula is C50H44N2. The van der Waals surface area contributed by atoms with Crippen molar-refractivity contribution in [3.63, 3.8) is 0 Å². The Morgan fingerprint density at radius 2 is 1.27 bits per heavy atom. The van der Waals surface area contributed by atoms with Crippen LogP contribution >= 0.6 is 0 Å². The molecule has 2 atom stereocenters. The number of benzene rings is 5. The van der Waals surface area contributed by atoms with Crippen molar-refractivity contribution in [1.82, 2.24) is 9.55 Å². The van der Waals surface area contributed by atoms with Crippen LogP contribution in [0.1, 0.15) is 80.0 Å². The number of rotatable bonds is 5. The summed E-state index contributed by atoms with van der Waals surface area (Å²) in [6.07, 6.45) is 18.0. The summed E-state index contributed by atoms with van der Waals surface area (Å²) >= 11 is 0. The molecule has 3 aliphatic carbocycles. The number of fused-ring (bicyclic) bond motifs is 6. The Morgan fingerprint density at radius 3 is 1.98 bits per heavy atom. The molecule has 2 heteroatoms. The van der Waals surface area contributed by atoms with Crippen molar-refractivity contribution in [2.24, 2.45) is 5.92 Å². The Kier molecular flexibility index (Phi) is 7.42. The maximum absolute atomic E-state index is 4.21. The average molecular weight is 673 g/mol. The van der Waals surface area contributed by atoms with Gasteiger partial charge in [0, 0.05) is 34.8 Å². The average Bonchev–Trinajstić information content (AvgIpc) is 3.66. The molecule has 2 aromatic heterocycles. The van der Waals surface area contributed by atoms with Gasteiger partial charge in [0.15, 0.2) is 0 Å². The highest BCUT2D eigenvalue weighted by molar-refractivity contribution is 6.09. The molecule has 52 heavy (non-hydrogen) atoms. The third kappa shape index (κ3) is 5.03. The van der Waals surface area contributed by atoms with Gasteiger partial charge in [-0.1, -0.05) is 136 Å². The van der Waals surface area contributed by atoms with Crippen molar-refractivity contribution in [3.8, 4) is 27.9 Å². The molecule has 2 heterocycles. The lowest BCUT2D eigenvalue weighted by Gasteiger charge is -2.31. The van der Waals surface area contributed by atoms with Crippen molar-refractivity contribution in [3.05, 3.63) is 174 Å². The molecule has 1 saturated carbocycles. The van der Waals surface area contributed by atoms with E-state index in [-0.39, 0.29) is 5.41 Å². The maximum Gasteiger partial charge on any atom is 0.0541 e. The highest BCUT2D eigenvalue weighted by Gasteiger charge is 2.47. The molecule has 0 bridgehead atoms. The second kappa shape index (κ2) is 12.3. The minimum absolute atomic E-state index is 0.00312. The van der Waals surface area contributed by atoms with E-state index in [1.54, 1.807) is 16.7 Å². The van der Waals surface area contributed by atoms with Crippen LogP contribution in [-0.2, 0) is 5.41 Å². The molecular weight excluding hydrogens is 629 g/mol. The summed E-state index contributed by atoms with van der Waals surface area (Å²) in [5, 5.41) is 2.60. The molecule has 0 N–H and O–H groups in total. The van der Waals surface area contributed by atoms with E-state index in [4.69, 9.17) is 0 Å². The van der Waals surface area contributed by atoms with Crippen LogP contribution in [0.2, 0.25) is 0 Å². The van der Waals surface area contributed by atoms with Gasteiger partial charge in [0.25, 0.3) is 0 Å². The van der Waals surface area contributed by atoms with Crippen LogP contribution in [0.15, 0.2) is 152 Å². The first-order chi connectivity index (χ1) is 25.5. The lowest BCUT2D eigenvalue weighted by molar-refractivity contribution is 0.394. The Morgan fingerprint density at radius 1 is 0.615 bits per heavy atom. The number of hydrogen-bond acceptors (Lipinski definition) is 1. The van der Waals surface area contributed by atoms with Crippen LogP contribution in [0.4, 0.5) is 0 Å². The monoisotopic (exact) mass is 672 g/mol. The fraction of sp³-hybridized carbons (Fsp3) is 0.220. The summed E-state index contributed by atoms with van der Waals surface area (Å²) in [4.78, 5) is 4.21. The summed E-state index contributed by atoms with van der Waals surface area (Å²) in [5.41, 5.74) is 16.2. The summed E-state index contributed by atoms with van der Waals surface area (Å²) in [5.74, 6) is 1.43. The van der Waals surface area contributed by atoms with Gasteiger partial charge in [-0.2, -0.15) is 0 Å². The molecule has 0 spiro atoms. The van der Waals surface area contributed by atoms with Crippen molar-refractivity contribution in [1.29, 1.82) is 0 Å². The quantitative estimate of drug-likeness (QED) is 0.178. The smallest absolute Gasteiger partial charge is 0.0541 e. The minimum atomic E-state index is -0.00312. The number of allylic oxidation sites excluding steroid dienone is 4. The zero-order chi connectivity index (χ0) is 34.8. The first kappa shape index (κ1) is 31.3. The third-order valence-electron chi connectivity index (χ3n) is 12.6. The van der Waals surface area contributed by atoms with Crippen LogP contribution in [0, 0.1) is 5.92 Å². The zero-order valence-electron chi connectivity index (χ0n) is 30.1.